The molecule has 345 valence electrons. The average Bonchev–Trinajstić information content (AvgIpc) is 3.38. The molecule has 0 aromatic heterocycles. The zero-order chi connectivity index (χ0) is 48.4. The largest absolute Gasteiger partial charge is 0.545 e. The zero-order valence-corrected chi connectivity index (χ0v) is 38.9. The van der Waals surface area contributed by atoms with Gasteiger partial charge < -0.3 is 39.6 Å². The van der Waals surface area contributed by atoms with E-state index in [2.05, 4.69) is 20.0 Å². The summed E-state index contributed by atoms with van der Waals surface area (Å²) >= 11 is 0. The van der Waals surface area contributed by atoms with E-state index in [1.165, 1.54) is 24.3 Å². The number of carbonyl (C=O) groups excluding carboxylic acids is 4. The van der Waals surface area contributed by atoms with Gasteiger partial charge in [-0.15, -0.1) is 0 Å². The SMILES string of the molecule is O=C([O-])c1ccccc1N=Cc1ccccc1.O=C([O-])c1ccccc1N=Cc1ccccc1.O=C([O-])c1ccccc1N=Cc1ccccc1.O=C([O-])c1ccccc1N=Cc1ccccc1.[Ir]. The summed E-state index contributed by atoms with van der Waals surface area (Å²) in [5, 5.41) is 43.4. The first-order valence-corrected chi connectivity index (χ1v) is 20.7. The second-order valence-electron chi connectivity index (χ2n) is 13.9. The molecule has 0 heterocycles. The van der Waals surface area contributed by atoms with Crippen LogP contribution in [0.2, 0.25) is 0 Å². The van der Waals surface area contributed by atoms with Crippen LogP contribution in [0, 0.1) is 0 Å². The number of carbonyl (C=O) groups is 4. The molecule has 0 aliphatic rings. The van der Waals surface area contributed by atoms with E-state index in [-0.39, 0.29) is 42.4 Å². The van der Waals surface area contributed by atoms with Crippen molar-refractivity contribution in [1.29, 1.82) is 0 Å². The van der Waals surface area contributed by atoms with Crippen LogP contribution >= 0.6 is 0 Å². The van der Waals surface area contributed by atoms with E-state index in [1.54, 1.807) is 97.7 Å². The number of nitrogens with zero attached hydrogens (tertiary/aromatic N) is 4. The molecule has 0 fully saturated rings. The molecular weight excluding hydrogens is 1050 g/mol. The predicted molar refractivity (Wildman–Crippen MR) is 258 cm³/mol. The summed E-state index contributed by atoms with van der Waals surface area (Å²) in [5.41, 5.74) is 5.65. The molecule has 13 heteroatoms. The normalized spacial score (nSPS) is 10.4. The molecule has 0 aliphatic carbocycles. The fraction of sp³-hybridized carbons (Fsp3) is 0. The summed E-state index contributed by atoms with van der Waals surface area (Å²) in [6.45, 7) is 0. The third kappa shape index (κ3) is 18.1. The molecule has 0 N–H and O–H groups in total. The summed E-state index contributed by atoms with van der Waals surface area (Å²) in [7, 11) is 0. The fourth-order valence-electron chi connectivity index (χ4n) is 5.77. The number of aromatic carboxylic acids is 4. The molecule has 0 atom stereocenters. The third-order valence-corrected chi connectivity index (χ3v) is 9.10. The first kappa shape index (κ1) is 52.6. The molecule has 0 amide bonds. The Morgan fingerprint density at radius 1 is 0.261 bits per heavy atom. The number of para-hydroxylation sites is 4. The summed E-state index contributed by atoms with van der Waals surface area (Å²) in [4.78, 5) is 60.0. The monoisotopic (exact) mass is 1090 g/mol. The molecule has 0 aliphatic heterocycles. The zero-order valence-electron chi connectivity index (χ0n) is 36.5. The average molecular weight is 1090 g/mol. The molecule has 12 nitrogen and oxygen atoms in total. The minimum Gasteiger partial charge on any atom is -0.545 e. The third-order valence-electron chi connectivity index (χ3n) is 9.10. The van der Waals surface area contributed by atoms with Gasteiger partial charge >= 0.3 is 0 Å². The first-order valence-electron chi connectivity index (χ1n) is 20.7. The number of carboxylic acids is 4. The van der Waals surface area contributed by atoms with Crippen molar-refractivity contribution in [2.24, 2.45) is 20.0 Å². The molecule has 0 bridgehead atoms. The Kier molecular flexibility index (Phi) is 21.9. The Morgan fingerprint density at radius 2 is 0.420 bits per heavy atom. The van der Waals surface area contributed by atoms with Crippen LogP contribution in [0.1, 0.15) is 63.7 Å². The van der Waals surface area contributed by atoms with E-state index in [0.29, 0.717) is 22.7 Å². The van der Waals surface area contributed by atoms with Crippen molar-refractivity contribution in [3.05, 3.63) is 263 Å². The number of hydrogen-bond donors (Lipinski definition) is 0. The number of rotatable bonds is 12. The van der Waals surface area contributed by atoms with Gasteiger partial charge in [0.1, 0.15) is 0 Å². The Bertz CT molecular complexity index is 2610. The van der Waals surface area contributed by atoms with Crippen molar-refractivity contribution in [2.75, 3.05) is 0 Å². The quantitative estimate of drug-likeness (QED) is 0.114. The van der Waals surface area contributed by atoms with Gasteiger partial charge in [0.25, 0.3) is 0 Å². The van der Waals surface area contributed by atoms with Crippen LogP contribution in [0.5, 0.6) is 0 Å². The van der Waals surface area contributed by atoms with Gasteiger partial charge in [0.2, 0.25) is 0 Å². The second-order valence-corrected chi connectivity index (χ2v) is 13.9. The number of hydrogen-bond acceptors (Lipinski definition) is 12. The number of carboxylic acid groups (broad SMARTS) is 4. The summed E-state index contributed by atoms with van der Waals surface area (Å²) in [6.07, 6.45) is 6.51. The van der Waals surface area contributed by atoms with Gasteiger partial charge in [-0.05, 0) is 46.5 Å². The van der Waals surface area contributed by atoms with Gasteiger partial charge in [-0.2, -0.15) is 0 Å². The fourth-order valence-corrected chi connectivity index (χ4v) is 5.77. The van der Waals surface area contributed by atoms with E-state index < -0.39 is 23.9 Å². The van der Waals surface area contributed by atoms with Crippen molar-refractivity contribution in [3.63, 3.8) is 0 Å². The Labute approximate surface area is 412 Å². The van der Waals surface area contributed by atoms with E-state index in [1.807, 2.05) is 121 Å². The Balaban J connectivity index is 0.000000199. The van der Waals surface area contributed by atoms with E-state index in [9.17, 15) is 39.6 Å². The molecule has 8 aromatic carbocycles. The summed E-state index contributed by atoms with van der Waals surface area (Å²) in [6, 6.07) is 64.0. The molecule has 0 spiro atoms. The predicted octanol–water partition coefficient (Wildman–Crippen LogP) is 7.20. The molecule has 0 saturated heterocycles. The number of aliphatic imine (C=N–C) groups is 4. The van der Waals surface area contributed by atoms with Crippen LogP contribution in [0.25, 0.3) is 0 Å². The van der Waals surface area contributed by atoms with Crippen LogP contribution in [-0.4, -0.2) is 48.7 Å². The van der Waals surface area contributed by atoms with Gasteiger partial charge in [-0.1, -0.05) is 194 Å². The van der Waals surface area contributed by atoms with Crippen LogP contribution in [0.15, 0.2) is 238 Å². The Hall–Kier alpha value is -9.03. The number of benzene rings is 8. The molecule has 0 saturated carbocycles. The van der Waals surface area contributed by atoms with E-state index in [4.69, 9.17) is 0 Å². The first-order chi connectivity index (χ1) is 33.1. The minimum atomic E-state index is -1.22. The Morgan fingerprint density at radius 3 is 0.594 bits per heavy atom. The molecule has 1 radical (unpaired) electrons. The standard InChI is InChI=1S/4C14H11NO2.Ir/c4*16-14(17)12-8-4-5-9-13(12)15-10-11-6-2-1-3-7-11;/h4*1-10H,(H,16,17);/p-4. The van der Waals surface area contributed by atoms with Crippen molar-refractivity contribution in [1.82, 2.24) is 0 Å². The van der Waals surface area contributed by atoms with E-state index in [0.717, 1.165) is 22.3 Å². The van der Waals surface area contributed by atoms with Gasteiger partial charge in [0.05, 0.1) is 46.6 Å². The second kappa shape index (κ2) is 28.8. The molecule has 0 unspecified atom stereocenters. The maximum atomic E-state index is 10.8. The van der Waals surface area contributed by atoms with Crippen LogP contribution < -0.4 is 20.4 Å². The minimum absolute atomic E-state index is 0. The van der Waals surface area contributed by atoms with Crippen molar-refractivity contribution >= 4 is 71.5 Å². The maximum absolute atomic E-state index is 10.8. The molecule has 8 aromatic rings. The van der Waals surface area contributed by atoms with Crippen molar-refractivity contribution < 1.29 is 59.7 Å². The van der Waals surface area contributed by atoms with Crippen LogP contribution in [-0.2, 0) is 20.1 Å². The molecule has 8 rings (SSSR count). The molecular formula is C56H40IrN4O8-4. The van der Waals surface area contributed by atoms with Gasteiger partial charge in [0.15, 0.2) is 0 Å². The summed E-state index contributed by atoms with van der Waals surface area (Å²) in [5.74, 6) is -4.87. The van der Waals surface area contributed by atoms with Crippen LogP contribution in [0.3, 0.4) is 0 Å². The smallest absolute Gasteiger partial charge is 0.0737 e. The van der Waals surface area contributed by atoms with Gasteiger partial charge in [0, 0.05) is 67.2 Å². The van der Waals surface area contributed by atoms with Crippen molar-refractivity contribution in [2.45, 2.75) is 0 Å². The van der Waals surface area contributed by atoms with Gasteiger partial charge in [-0.3, -0.25) is 20.0 Å². The molecule has 69 heavy (non-hydrogen) atoms. The van der Waals surface area contributed by atoms with Crippen LogP contribution in [0.4, 0.5) is 22.7 Å². The van der Waals surface area contributed by atoms with E-state index >= 15 is 0 Å². The maximum Gasteiger partial charge on any atom is 0.0737 e. The van der Waals surface area contributed by atoms with Crippen molar-refractivity contribution in [3.8, 4) is 0 Å². The topological polar surface area (TPSA) is 210 Å². The summed E-state index contributed by atoms with van der Waals surface area (Å²) < 4.78 is 0. The van der Waals surface area contributed by atoms with Gasteiger partial charge in [-0.25, -0.2) is 0 Å².